The number of carbonyl (C=O) groups is 2. The summed E-state index contributed by atoms with van der Waals surface area (Å²) < 4.78 is 25.1. The maximum atomic E-state index is 14.3. The third kappa shape index (κ3) is 7.90. The molecule has 0 aliphatic carbocycles. The summed E-state index contributed by atoms with van der Waals surface area (Å²) >= 11 is 4.87. The van der Waals surface area contributed by atoms with Crippen molar-refractivity contribution < 1.29 is 28.5 Å². The predicted octanol–water partition coefficient (Wildman–Crippen LogP) is 6.85. The Balaban J connectivity index is 1.37. The highest BCUT2D eigenvalue weighted by Crippen LogP contribution is 2.36. The number of nitrogens with zero attached hydrogens (tertiary/aromatic N) is 2. The lowest BCUT2D eigenvalue weighted by Gasteiger charge is -2.26. The van der Waals surface area contributed by atoms with Crippen LogP contribution in [0.1, 0.15) is 59.4 Å². The first-order chi connectivity index (χ1) is 24.8. The molecule has 1 aromatic heterocycles. The van der Waals surface area contributed by atoms with Crippen molar-refractivity contribution in [2.45, 2.75) is 33.4 Å². The minimum atomic E-state index is -0.790. The number of halogens is 1. The molecule has 11 heteroatoms. The summed E-state index contributed by atoms with van der Waals surface area (Å²) in [7, 11) is 0. The highest BCUT2D eigenvalue weighted by molar-refractivity contribution is 9.10. The van der Waals surface area contributed by atoms with Crippen LogP contribution in [0.2, 0.25) is 0 Å². The molecule has 0 amide bonds. The smallest absolute Gasteiger partial charge is 0.338 e. The maximum absolute atomic E-state index is 14.3. The molecule has 0 saturated carbocycles. The van der Waals surface area contributed by atoms with E-state index in [4.69, 9.17) is 23.9 Å². The molecule has 51 heavy (non-hydrogen) atoms. The normalized spacial score (nSPS) is 14.0. The molecule has 9 nitrogen and oxygen atoms in total. The predicted molar refractivity (Wildman–Crippen MR) is 200 cm³/mol. The zero-order chi connectivity index (χ0) is 35.9. The Bertz CT molecular complexity index is 2260. The lowest BCUT2D eigenvalue weighted by Crippen LogP contribution is -2.40. The van der Waals surface area contributed by atoms with Crippen LogP contribution in [-0.4, -0.2) is 36.3 Å². The van der Waals surface area contributed by atoms with Gasteiger partial charge in [0.25, 0.3) is 5.56 Å². The Hall–Kier alpha value is -5.26. The Kier molecular flexibility index (Phi) is 11.3. The SMILES string of the molecule is CCOC(=O)C1=C(c2ccccc2)N=c2s/c(=C\c3ccc(OCc4ccc(C(=O)OCC)cc4)c(Br)c3)c(=O)n2[C@H]1c1ccc(OCC)cc1. The van der Waals surface area contributed by atoms with Crippen molar-refractivity contribution in [3.05, 3.63) is 155 Å². The van der Waals surface area contributed by atoms with Crippen LogP contribution in [-0.2, 0) is 20.9 Å². The van der Waals surface area contributed by atoms with Crippen LogP contribution < -0.4 is 24.4 Å². The average molecular weight is 768 g/mol. The summed E-state index contributed by atoms with van der Waals surface area (Å²) in [5.74, 6) is 0.398. The Morgan fingerprint density at radius 1 is 0.843 bits per heavy atom. The zero-order valence-corrected chi connectivity index (χ0v) is 30.7. The summed E-state index contributed by atoms with van der Waals surface area (Å²) in [6, 6.07) is 28.7. The molecule has 2 heterocycles. The third-order valence-corrected chi connectivity index (χ3v) is 9.60. The lowest BCUT2D eigenvalue weighted by molar-refractivity contribution is -0.138. The topological polar surface area (TPSA) is 105 Å². The lowest BCUT2D eigenvalue weighted by atomic mass is 9.93. The van der Waals surface area contributed by atoms with Crippen molar-refractivity contribution in [3.8, 4) is 11.5 Å². The summed E-state index contributed by atoms with van der Waals surface area (Å²) in [5, 5.41) is 0. The molecule has 6 rings (SSSR count). The van der Waals surface area contributed by atoms with Crippen LogP contribution in [0.4, 0.5) is 0 Å². The molecule has 0 radical (unpaired) electrons. The van der Waals surface area contributed by atoms with Gasteiger partial charge in [0.05, 0.1) is 51.7 Å². The summed E-state index contributed by atoms with van der Waals surface area (Å²) in [6.07, 6.45) is 1.80. The third-order valence-electron chi connectivity index (χ3n) is 7.99. The van der Waals surface area contributed by atoms with E-state index in [2.05, 4.69) is 15.9 Å². The maximum Gasteiger partial charge on any atom is 0.338 e. The van der Waals surface area contributed by atoms with Gasteiger partial charge < -0.3 is 18.9 Å². The highest BCUT2D eigenvalue weighted by atomic mass is 79.9. The molecule has 0 unspecified atom stereocenters. The second-order valence-corrected chi connectivity index (χ2v) is 13.2. The monoisotopic (exact) mass is 766 g/mol. The molecular formula is C40H35BrN2O7S. The van der Waals surface area contributed by atoms with Gasteiger partial charge in [-0.15, -0.1) is 0 Å². The number of fused-ring (bicyclic) bond motifs is 1. The quantitative estimate of drug-likeness (QED) is 0.128. The Labute approximate surface area is 307 Å². The van der Waals surface area contributed by atoms with Crippen molar-refractivity contribution in [3.63, 3.8) is 0 Å². The average Bonchev–Trinajstić information content (AvgIpc) is 3.45. The van der Waals surface area contributed by atoms with E-state index in [-0.39, 0.29) is 30.3 Å². The molecule has 0 N–H and O–H groups in total. The molecule has 4 aromatic carbocycles. The first-order valence-electron chi connectivity index (χ1n) is 16.5. The van der Waals surface area contributed by atoms with Crippen LogP contribution in [0.15, 0.2) is 117 Å². The molecule has 0 saturated heterocycles. The standard InChI is InChI=1S/C40H35BrN2O7S/c1-4-47-30-19-17-28(18-20-30)36-34(39(46)49-6-3)35(27-10-8-7-9-11-27)42-40-43(36)37(44)33(51-40)23-26-14-21-32(31(41)22-26)50-24-25-12-15-29(16-13-25)38(45)48-5-2/h7-23,36H,4-6,24H2,1-3H3/b33-23-/t36-/m0/s1. The van der Waals surface area contributed by atoms with E-state index < -0.39 is 12.0 Å². The number of thiazole rings is 1. The van der Waals surface area contributed by atoms with Crippen LogP contribution in [0.5, 0.6) is 11.5 Å². The highest BCUT2D eigenvalue weighted by Gasteiger charge is 2.35. The second-order valence-electron chi connectivity index (χ2n) is 11.3. The van der Waals surface area contributed by atoms with Crippen LogP contribution in [0, 0.1) is 0 Å². The fourth-order valence-electron chi connectivity index (χ4n) is 5.66. The van der Waals surface area contributed by atoms with E-state index in [0.29, 0.717) is 49.8 Å². The van der Waals surface area contributed by atoms with E-state index in [9.17, 15) is 14.4 Å². The van der Waals surface area contributed by atoms with Gasteiger partial charge in [-0.1, -0.05) is 72.0 Å². The number of hydrogen-bond donors (Lipinski definition) is 0. The van der Waals surface area contributed by atoms with Gasteiger partial charge in [0.2, 0.25) is 0 Å². The van der Waals surface area contributed by atoms with E-state index in [0.717, 1.165) is 22.3 Å². The number of aromatic nitrogens is 1. The van der Waals surface area contributed by atoms with Gasteiger partial charge in [0, 0.05) is 5.56 Å². The minimum Gasteiger partial charge on any atom is -0.494 e. The molecule has 260 valence electrons. The number of rotatable bonds is 12. The van der Waals surface area contributed by atoms with E-state index >= 15 is 0 Å². The summed E-state index contributed by atoms with van der Waals surface area (Å²) in [5.41, 5.74) is 4.06. The van der Waals surface area contributed by atoms with Gasteiger partial charge in [0.15, 0.2) is 4.80 Å². The van der Waals surface area contributed by atoms with Gasteiger partial charge in [-0.05, 0) is 95.9 Å². The molecule has 5 aromatic rings. The molecule has 0 spiro atoms. The number of esters is 2. The first-order valence-corrected chi connectivity index (χ1v) is 18.1. The molecule has 1 aliphatic rings. The number of carbonyl (C=O) groups excluding carboxylic acids is 2. The van der Waals surface area contributed by atoms with Crippen LogP contribution in [0.25, 0.3) is 11.8 Å². The Morgan fingerprint density at radius 2 is 1.55 bits per heavy atom. The first kappa shape index (κ1) is 35.6. The summed E-state index contributed by atoms with van der Waals surface area (Å²) in [6.45, 7) is 6.72. The largest absolute Gasteiger partial charge is 0.494 e. The van der Waals surface area contributed by atoms with Gasteiger partial charge in [-0.3, -0.25) is 9.36 Å². The van der Waals surface area contributed by atoms with Gasteiger partial charge in [-0.25, -0.2) is 14.6 Å². The van der Waals surface area contributed by atoms with E-state index in [1.54, 1.807) is 36.6 Å². The van der Waals surface area contributed by atoms with Gasteiger partial charge in [-0.2, -0.15) is 0 Å². The number of ether oxygens (including phenoxy) is 4. The number of benzene rings is 4. The van der Waals surface area contributed by atoms with Crippen molar-refractivity contribution >= 4 is 51.0 Å². The second kappa shape index (κ2) is 16.2. The fraction of sp³-hybridized carbons (Fsp3) is 0.200. The minimum absolute atomic E-state index is 0.168. The molecular weight excluding hydrogens is 732 g/mol. The number of hydrogen-bond acceptors (Lipinski definition) is 9. The zero-order valence-electron chi connectivity index (χ0n) is 28.3. The van der Waals surface area contributed by atoms with E-state index in [1.165, 1.54) is 11.3 Å². The molecule has 1 atom stereocenters. The summed E-state index contributed by atoms with van der Waals surface area (Å²) in [4.78, 5) is 45.3. The van der Waals surface area contributed by atoms with E-state index in [1.807, 2.05) is 91.9 Å². The van der Waals surface area contributed by atoms with Crippen molar-refractivity contribution in [1.29, 1.82) is 0 Å². The van der Waals surface area contributed by atoms with Crippen molar-refractivity contribution in [2.75, 3.05) is 19.8 Å². The molecule has 0 fully saturated rings. The molecule has 1 aliphatic heterocycles. The van der Waals surface area contributed by atoms with Crippen molar-refractivity contribution in [1.82, 2.24) is 4.57 Å². The molecule has 0 bridgehead atoms. The van der Waals surface area contributed by atoms with Gasteiger partial charge in [0.1, 0.15) is 18.1 Å². The fourth-order valence-corrected chi connectivity index (χ4v) is 7.17. The van der Waals surface area contributed by atoms with Crippen LogP contribution in [0.3, 0.4) is 0 Å². The van der Waals surface area contributed by atoms with Crippen LogP contribution >= 0.6 is 27.3 Å². The van der Waals surface area contributed by atoms with Crippen molar-refractivity contribution in [2.24, 2.45) is 4.99 Å². The van der Waals surface area contributed by atoms with Gasteiger partial charge >= 0.3 is 11.9 Å². The Morgan fingerprint density at radius 3 is 2.22 bits per heavy atom.